The van der Waals surface area contributed by atoms with Crippen LogP contribution in [0.5, 0.6) is 5.75 Å². The van der Waals surface area contributed by atoms with Crippen molar-refractivity contribution in [1.29, 1.82) is 0 Å². The highest BCUT2D eigenvalue weighted by atomic mass is 19.3. The summed E-state index contributed by atoms with van der Waals surface area (Å²) >= 11 is 0. The Balaban J connectivity index is 2.53. The van der Waals surface area contributed by atoms with Crippen molar-refractivity contribution in [1.82, 2.24) is 5.32 Å². The lowest BCUT2D eigenvalue weighted by atomic mass is 10.3. The number of halogens is 2. The van der Waals surface area contributed by atoms with E-state index < -0.39 is 24.7 Å². The summed E-state index contributed by atoms with van der Waals surface area (Å²) in [6.07, 6.45) is 0. The molecule has 6 nitrogen and oxygen atoms in total. The molecule has 1 rings (SSSR count). The van der Waals surface area contributed by atoms with E-state index in [0.717, 1.165) is 0 Å². The maximum atomic E-state index is 11.9. The molecule has 8 heteroatoms. The van der Waals surface area contributed by atoms with E-state index in [2.05, 4.69) is 15.4 Å². The Hall–Kier alpha value is -2.38. The molecule has 0 aromatic heterocycles. The number of ether oxygens (including phenoxy) is 1. The predicted molar refractivity (Wildman–Crippen MR) is 62.3 cm³/mol. The molecule has 0 radical (unpaired) electrons. The Kier molecular flexibility index (Phi) is 5.04. The van der Waals surface area contributed by atoms with Crippen molar-refractivity contribution >= 4 is 17.7 Å². The second-order valence-corrected chi connectivity index (χ2v) is 3.56. The van der Waals surface area contributed by atoms with E-state index in [-0.39, 0.29) is 5.75 Å². The van der Waals surface area contributed by atoms with Gasteiger partial charge in [0.15, 0.2) is 0 Å². The van der Waals surface area contributed by atoms with E-state index in [4.69, 9.17) is 5.11 Å². The molecule has 0 spiro atoms. The molecule has 0 fully saturated rings. The van der Waals surface area contributed by atoms with Gasteiger partial charge in [-0.15, -0.1) is 0 Å². The zero-order chi connectivity index (χ0) is 14.4. The summed E-state index contributed by atoms with van der Waals surface area (Å²) in [5, 5.41) is 13.1. The molecule has 0 aliphatic carbocycles. The Bertz CT molecular complexity index is 451. The van der Waals surface area contributed by atoms with E-state index in [1.54, 1.807) is 0 Å². The second-order valence-electron chi connectivity index (χ2n) is 3.56. The first-order valence-corrected chi connectivity index (χ1v) is 5.23. The number of alkyl halides is 2. The van der Waals surface area contributed by atoms with Gasteiger partial charge in [-0.1, -0.05) is 0 Å². The molecular weight excluding hydrogens is 262 g/mol. The van der Waals surface area contributed by atoms with Crippen molar-refractivity contribution in [2.45, 2.75) is 19.6 Å². The molecule has 1 unspecified atom stereocenters. The standard InChI is InChI=1S/C11H12F2N2O4/c1-6(9(16)17)14-11(18)15-7-2-4-8(5-3-7)19-10(12)13/h2-6,10H,1H3,(H,16,17)(H2,14,15,18). The first-order valence-electron chi connectivity index (χ1n) is 5.23. The van der Waals surface area contributed by atoms with Gasteiger partial charge in [0.25, 0.3) is 0 Å². The summed E-state index contributed by atoms with van der Waals surface area (Å²) in [5.41, 5.74) is 0.316. The first kappa shape index (κ1) is 14.7. The molecule has 3 N–H and O–H groups in total. The fourth-order valence-corrected chi connectivity index (χ4v) is 1.15. The van der Waals surface area contributed by atoms with Crippen molar-refractivity contribution in [3.05, 3.63) is 24.3 Å². The number of hydrogen-bond acceptors (Lipinski definition) is 3. The Labute approximate surface area is 107 Å². The van der Waals surface area contributed by atoms with Gasteiger partial charge in [0.05, 0.1) is 0 Å². The lowest BCUT2D eigenvalue weighted by Gasteiger charge is -2.11. The topological polar surface area (TPSA) is 87.7 Å². The number of urea groups is 1. The number of amides is 2. The van der Waals surface area contributed by atoms with Gasteiger partial charge < -0.3 is 20.5 Å². The molecule has 104 valence electrons. The van der Waals surface area contributed by atoms with Crippen LogP contribution in [0, 0.1) is 0 Å². The monoisotopic (exact) mass is 274 g/mol. The lowest BCUT2D eigenvalue weighted by molar-refractivity contribution is -0.138. The quantitative estimate of drug-likeness (QED) is 0.765. The van der Waals surface area contributed by atoms with E-state index in [0.29, 0.717) is 5.69 Å². The molecule has 0 saturated heterocycles. The third-order valence-electron chi connectivity index (χ3n) is 2.06. The number of carboxylic acid groups (broad SMARTS) is 1. The SMILES string of the molecule is CC(NC(=O)Nc1ccc(OC(F)F)cc1)C(=O)O. The number of hydrogen-bond donors (Lipinski definition) is 3. The van der Waals surface area contributed by atoms with Crippen LogP contribution in [0.15, 0.2) is 24.3 Å². The largest absolute Gasteiger partial charge is 0.480 e. The molecule has 2 amide bonds. The number of carbonyl (C=O) groups excluding carboxylic acids is 1. The number of rotatable bonds is 5. The number of benzene rings is 1. The summed E-state index contributed by atoms with van der Waals surface area (Å²) in [7, 11) is 0. The average Bonchev–Trinajstić information content (AvgIpc) is 2.30. The van der Waals surface area contributed by atoms with Gasteiger partial charge in [-0.05, 0) is 31.2 Å². The lowest BCUT2D eigenvalue weighted by Crippen LogP contribution is -2.40. The Morgan fingerprint density at radius 1 is 1.26 bits per heavy atom. The number of carbonyl (C=O) groups is 2. The Morgan fingerprint density at radius 2 is 1.84 bits per heavy atom. The third-order valence-corrected chi connectivity index (χ3v) is 2.06. The van der Waals surface area contributed by atoms with Crippen LogP contribution < -0.4 is 15.4 Å². The number of aliphatic carboxylic acids is 1. The Morgan fingerprint density at radius 3 is 2.32 bits per heavy atom. The first-order chi connectivity index (χ1) is 8.88. The second kappa shape index (κ2) is 6.53. The van der Waals surface area contributed by atoms with Gasteiger partial charge in [-0.2, -0.15) is 8.78 Å². The summed E-state index contributed by atoms with van der Waals surface area (Å²) in [6, 6.07) is 3.45. The predicted octanol–water partition coefficient (Wildman–Crippen LogP) is 1.88. The highest BCUT2D eigenvalue weighted by Gasteiger charge is 2.13. The fourth-order valence-electron chi connectivity index (χ4n) is 1.15. The van der Waals surface area contributed by atoms with Gasteiger partial charge in [0, 0.05) is 5.69 Å². The van der Waals surface area contributed by atoms with Gasteiger partial charge in [0.2, 0.25) is 0 Å². The molecule has 0 heterocycles. The van der Waals surface area contributed by atoms with Gasteiger partial charge in [-0.25, -0.2) is 4.79 Å². The third kappa shape index (κ3) is 5.19. The van der Waals surface area contributed by atoms with E-state index in [1.807, 2.05) is 0 Å². The average molecular weight is 274 g/mol. The van der Waals surface area contributed by atoms with Crippen molar-refractivity contribution in [2.75, 3.05) is 5.32 Å². The minimum atomic E-state index is -2.92. The van der Waals surface area contributed by atoms with Crippen molar-refractivity contribution in [3.8, 4) is 5.75 Å². The fraction of sp³-hybridized carbons (Fsp3) is 0.273. The minimum Gasteiger partial charge on any atom is -0.480 e. The molecule has 1 atom stereocenters. The molecule has 0 aliphatic heterocycles. The smallest absolute Gasteiger partial charge is 0.387 e. The van der Waals surface area contributed by atoms with E-state index >= 15 is 0 Å². The maximum absolute atomic E-state index is 11.9. The van der Waals surface area contributed by atoms with Crippen molar-refractivity contribution < 1.29 is 28.2 Å². The van der Waals surface area contributed by atoms with Crippen molar-refractivity contribution in [3.63, 3.8) is 0 Å². The highest BCUT2D eigenvalue weighted by molar-refractivity contribution is 5.92. The minimum absolute atomic E-state index is 0.0418. The molecule has 0 bridgehead atoms. The normalized spacial score (nSPS) is 11.8. The summed E-state index contributed by atoms with van der Waals surface area (Å²) in [5.74, 6) is -1.21. The van der Waals surface area contributed by atoms with E-state index in [9.17, 15) is 18.4 Å². The molecule has 0 saturated carbocycles. The van der Waals surface area contributed by atoms with Gasteiger partial charge in [0.1, 0.15) is 11.8 Å². The van der Waals surface area contributed by atoms with Crippen LogP contribution >= 0.6 is 0 Å². The number of carboxylic acids is 1. The molecule has 1 aromatic carbocycles. The zero-order valence-corrected chi connectivity index (χ0v) is 9.89. The van der Waals surface area contributed by atoms with Crippen LogP contribution in [-0.4, -0.2) is 29.8 Å². The number of nitrogens with one attached hydrogen (secondary N) is 2. The van der Waals surface area contributed by atoms with Crippen LogP contribution in [0.25, 0.3) is 0 Å². The van der Waals surface area contributed by atoms with Crippen LogP contribution in [0.3, 0.4) is 0 Å². The summed E-state index contributed by atoms with van der Waals surface area (Å²) in [4.78, 5) is 21.9. The maximum Gasteiger partial charge on any atom is 0.387 e. The molecule has 19 heavy (non-hydrogen) atoms. The molecular formula is C11H12F2N2O4. The van der Waals surface area contributed by atoms with Crippen LogP contribution in [0.1, 0.15) is 6.92 Å². The molecule has 0 aliphatic rings. The van der Waals surface area contributed by atoms with Gasteiger partial charge >= 0.3 is 18.6 Å². The van der Waals surface area contributed by atoms with Gasteiger partial charge in [-0.3, -0.25) is 4.79 Å². The zero-order valence-electron chi connectivity index (χ0n) is 9.89. The van der Waals surface area contributed by atoms with Crippen LogP contribution in [0.4, 0.5) is 19.3 Å². The molecule has 1 aromatic rings. The van der Waals surface area contributed by atoms with Crippen LogP contribution in [-0.2, 0) is 4.79 Å². The van der Waals surface area contributed by atoms with Crippen LogP contribution in [0.2, 0.25) is 0 Å². The number of anilines is 1. The summed E-state index contributed by atoms with van der Waals surface area (Å²) in [6.45, 7) is -1.61. The van der Waals surface area contributed by atoms with Crippen molar-refractivity contribution in [2.24, 2.45) is 0 Å². The van der Waals surface area contributed by atoms with E-state index in [1.165, 1.54) is 31.2 Å². The summed E-state index contributed by atoms with van der Waals surface area (Å²) < 4.78 is 27.9. The highest BCUT2D eigenvalue weighted by Crippen LogP contribution is 2.17.